The van der Waals surface area contributed by atoms with Crippen LogP contribution in [-0.4, -0.2) is 61.0 Å². The van der Waals surface area contributed by atoms with Gasteiger partial charge in [0, 0.05) is 20.6 Å². The average molecular weight is 268 g/mol. The Labute approximate surface area is 114 Å². The summed E-state index contributed by atoms with van der Waals surface area (Å²) >= 11 is 0. The molecule has 5 heteroatoms. The Balaban J connectivity index is 1.90. The highest BCUT2D eigenvalue weighted by molar-refractivity contribution is 5.89. The first kappa shape index (κ1) is 14.3. The highest BCUT2D eigenvalue weighted by Crippen LogP contribution is 2.29. The van der Waals surface area contributed by atoms with Gasteiger partial charge in [-0.2, -0.15) is 0 Å². The Bertz CT molecular complexity index is 353. The molecule has 5 nitrogen and oxygen atoms in total. The summed E-state index contributed by atoms with van der Waals surface area (Å²) in [7, 11) is 3.46. The Kier molecular flexibility index (Phi) is 4.45. The maximum absolute atomic E-state index is 12.3. The largest absolute Gasteiger partial charge is 0.368 e. The number of carbonyl (C=O) groups excluding carboxylic acids is 2. The van der Waals surface area contributed by atoms with Gasteiger partial charge in [-0.25, -0.2) is 0 Å². The fraction of sp³-hybridized carbons (Fsp3) is 0.857. The lowest BCUT2D eigenvalue weighted by molar-refractivity contribution is -0.149. The molecular formula is C14H24N2O3. The summed E-state index contributed by atoms with van der Waals surface area (Å²) in [6.07, 6.45) is 3.65. The number of amides is 2. The molecule has 1 aliphatic carbocycles. The van der Waals surface area contributed by atoms with E-state index in [2.05, 4.69) is 0 Å². The maximum atomic E-state index is 12.3. The van der Waals surface area contributed by atoms with Crippen molar-refractivity contribution in [2.45, 2.75) is 44.8 Å². The number of ether oxygens (including phenoxy) is 1. The Morgan fingerprint density at radius 1 is 1.32 bits per heavy atom. The molecule has 0 aromatic rings. The van der Waals surface area contributed by atoms with E-state index < -0.39 is 6.10 Å². The molecule has 0 aromatic heterocycles. The van der Waals surface area contributed by atoms with Crippen molar-refractivity contribution in [3.8, 4) is 0 Å². The molecule has 0 spiro atoms. The zero-order valence-electron chi connectivity index (χ0n) is 12.1. The lowest BCUT2D eigenvalue weighted by Crippen LogP contribution is -2.48. The van der Waals surface area contributed by atoms with E-state index in [0.29, 0.717) is 19.1 Å². The van der Waals surface area contributed by atoms with Crippen molar-refractivity contribution in [2.24, 2.45) is 5.92 Å². The van der Waals surface area contributed by atoms with Gasteiger partial charge in [-0.3, -0.25) is 9.59 Å². The lowest BCUT2D eigenvalue weighted by atomic mass is 10.2. The molecule has 2 amide bonds. The van der Waals surface area contributed by atoms with Crippen LogP contribution in [0.2, 0.25) is 0 Å². The van der Waals surface area contributed by atoms with Gasteiger partial charge in [0.2, 0.25) is 5.91 Å². The molecule has 1 saturated carbocycles. The second-order valence-electron chi connectivity index (χ2n) is 5.84. The quantitative estimate of drug-likeness (QED) is 0.744. The summed E-state index contributed by atoms with van der Waals surface area (Å²) in [6, 6.07) is -0.297. The minimum Gasteiger partial charge on any atom is -0.368 e. The van der Waals surface area contributed by atoms with Crippen LogP contribution < -0.4 is 0 Å². The first-order valence-corrected chi connectivity index (χ1v) is 7.14. The van der Waals surface area contributed by atoms with Gasteiger partial charge >= 0.3 is 0 Å². The number of carbonyl (C=O) groups is 2. The van der Waals surface area contributed by atoms with Crippen LogP contribution in [0.15, 0.2) is 0 Å². The monoisotopic (exact) mass is 268 g/mol. The molecule has 0 aromatic carbocycles. The summed E-state index contributed by atoms with van der Waals surface area (Å²) in [5.74, 6) is 0.617. The summed E-state index contributed by atoms with van der Waals surface area (Å²) in [4.78, 5) is 27.7. The number of likely N-dealkylation sites (tertiary alicyclic amines) is 1. The van der Waals surface area contributed by atoms with Gasteiger partial charge in [-0.15, -0.1) is 0 Å². The van der Waals surface area contributed by atoms with Crippen molar-refractivity contribution in [3.05, 3.63) is 0 Å². The maximum Gasteiger partial charge on any atom is 0.252 e. The molecule has 0 bridgehead atoms. The lowest BCUT2D eigenvalue weighted by Gasteiger charge is -2.28. The van der Waals surface area contributed by atoms with Gasteiger partial charge in [0.15, 0.2) is 0 Å². The van der Waals surface area contributed by atoms with Gasteiger partial charge in [-0.05, 0) is 38.5 Å². The minimum atomic E-state index is -0.434. The summed E-state index contributed by atoms with van der Waals surface area (Å²) in [5.41, 5.74) is 0. The Morgan fingerprint density at radius 2 is 2.00 bits per heavy atom. The first-order chi connectivity index (χ1) is 9.00. The van der Waals surface area contributed by atoms with Crippen LogP contribution in [-0.2, 0) is 14.3 Å². The van der Waals surface area contributed by atoms with Gasteiger partial charge < -0.3 is 14.5 Å². The molecule has 1 saturated heterocycles. The second-order valence-corrected chi connectivity index (χ2v) is 5.84. The molecular weight excluding hydrogens is 244 g/mol. The van der Waals surface area contributed by atoms with Gasteiger partial charge in [-0.1, -0.05) is 0 Å². The summed E-state index contributed by atoms with van der Waals surface area (Å²) in [5, 5.41) is 0. The number of likely N-dealkylation sites (N-methyl/N-ethyl adjacent to an activating group) is 1. The predicted molar refractivity (Wildman–Crippen MR) is 71.6 cm³/mol. The third-order valence-corrected chi connectivity index (χ3v) is 3.89. The molecule has 2 atom stereocenters. The molecule has 2 fully saturated rings. The number of hydrogen-bond acceptors (Lipinski definition) is 3. The van der Waals surface area contributed by atoms with Gasteiger partial charge in [0.1, 0.15) is 12.1 Å². The van der Waals surface area contributed by atoms with Crippen molar-refractivity contribution in [1.82, 2.24) is 9.80 Å². The third-order valence-electron chi connectivity index (χ3n) is 3.89. The van der Waals surface area contributed by atoms with Crippen molar-refractivity contribution in [1.29, 1.82) is 0 Å². The van der Waals surface area contributed by atoms with E-state index in [-0.39, 0.29) is 17.9 Å². The summed E-state index contributed by atoms with van der Waals surface area (Å²) < 4.78 is 5.61. The van der Waals surface area contributed by atoms with E-state index in [1.165, 1.54) is 12.8 Å². The Hall–Kier alpha value is -1.10. The van der Waals surface area contributed by atoms with E-state index in [1.807, 2.05) is 0 Å². The van der Waals surface area contributed by atoms with Crippen LogP contribution in [0.4, 0.5) is 0 Å². The molecule has 0 N–H and O–H groups in total. The molecule has 2 unspecified atom stereocenters. The minimum absolute atomic E-state index is 0.0141. The van der Waals surface area contributed by atoms with Crippen LogP contribution in [0, 0.1) is 5.92 Å². The van der Waals surface area contributed by atoms with Crippen LogP contribution in [0.1, 0.15) is 32.6 Å². The topological polar surface area (TPSA) is 49.9 Å². The van der Waals surface area contributed by atoms with E-state index in [0.717, 1.165) is 12.8 Å². The van der Waals surface area contributed by atoms with Crippen molar-refractivity contribution < 1.29 is 14.3 Å². The fourth-order valence-corrected chi connectivity index (χ4v) is 2.46. The van der Waals surface area contributed by atoms with E-state index in [1.54, 1.807) is 30.8 Å². The van der Waals surface area contributed by atoms with E-state index in [4.69, 9.17) is 4.74 Å². The van der Waals surface area contributed by atoms with E-state index in [9.17, 15) is 9.59 Å². The molecule has 2 aliphatic rings. The standard InChI is InChI=1S/C14H24N2O3/c1-10(19-9-11-6-7-11)13(17)16-8-4-5-12(16)14(18)15(2)3/h10-12H,4-9H2,1-3H3. The number of rotatable bonds is 5. The molecule has 1 heterocycles. The van der Waals surface area contributed by atoms with Crippen LogP contribution >= 0.6 is 0 Å². The van der Waals surface area contributed by atoms with Crippen LogP contribution in [0.3, 0.4) is 0 Å². The average Bonchev–Trinajstić information content (AvgIpc) is 3.09. The number of hydrogen-bond donors (Lipinski definition) is 0. The van der Waals surface area contributed by atoms with Crippen molar-refractivity contribution in [2.75, 3.05) is 27.2 Å². The molecule has 1 aliphatic heterocycles. The SMILES string of the molecule is CC(OCC1CC1)C(=O)N1CCCC1C(=O)N(C)C. The first-order valence-electron chi connectivity index (χ1n) is 7.14. The van der Waals surface area contributed by atoms with Gasteiger partial charge in [0.25, 0.3) is 5.91 Å². The molecule has 108 valence electrons. The predicted octanol–water partition coefficient (Wildman–Crippen LogP) is 0.881. The van der Waals surface area contributed by atoms with Crippen molar-refractivity contribution >= 4 is 11.8 Å². The highest BCUT2D eigenvalue weighted by Gasteiger charge is 2.37. The molecule has 19 heavy (non-hydrogen) atoms. The van der Waals surface area contributed by atoms with Crippen LogP contribution in [0.5, 0.6) is 0 Å². The van der Waals surface area contributed by atoms with Gasteiger partial charge in [0.05, 0.1) is 6.61 Å². The number of nitrogens with zero attached hydrogens (tertiary/aromatic N) is 2. The second kappa shape index (κ2) is 5.90. The summed E-state index contributed by atoms with van der Waals surface area (Å²) in [6.45, 7) is 3.13. The molecule has 2 rings (SSSR count). The Morgan fingerprint density at radius 3 is 2.58 bits per heavy atom. The smallest absolute Gasteiger partial charge is 0.252 e. The highest BCUT2D eigenvalue weighted by atomic mass is 16.5. The third kappa shape index (κ3) is 3.47. The normalized spacial score (nSPS) is 24.4. The van der Waals surface area contributed by atoms with Crippen LogP contribution in [0.25, 0.3) is 0 Å². The zero-order chi connectivity index (χ0) is 14.0. The molecule has 0 radical (unpaired) electrons. The fourth-order valence-electron chi connectivity index (χ4n) is 2.46. The van der Waals surface area contributed by atoms with Crippen molar-refractivity contribution in [3.63, 3.8) is 0 Å². The zero-order valence-corrected chi connectivity index (χ0v) is 12.1. The van der Waals surface area contributed by atoms with E-state index >= 15 is 0 Å².